The van der Waals surface area contributed by atoms with Crippen LogP contribution in [-0.2, 0) is 5.66 Å². The monoisotopic (exact) mass is 314 g/mol. The Labute approximate surface area is 137 Å². The normalized spacial score (nSPS) is 36.4. The van der Waals surface area contributed by atoms with Crippen molar-refractivity contribution in [3.63, 3.8) is 0 Å². The summed E-state index contributed by atoms with van der Waals surface area (Å²) in [6.45, 7) is 2.02. The summed E-state index contributed by atoms with van der Waals surface area (Å²) in [5.74, 6) is 3.09. The highest BCUT2D eigenvalue weighted by Gasteiger charge is 2.53. The van der Waals surface area contributed by atoms with Crippen LogP contribution in [0.4, 0.5) is 0 Å². The standard InChI is InChI=1S/C18H22N2OS/c1-11-17(22)20-18(19-11,14-5-7-15(21-2)8-6-14)16-10-12-3-4-13(16)9-12/h5-8,12-13,16H,3-4,9-10H2,1-2H3,(H,20,22). The van der Waals surface area contributed by atoms with Gasteiger partial charge in [0.05, 0.1) is 12.8 Å². The summed E-state index contributed by atoms with van der Waals surface area (Å²) in [5, 5.41) is 3.58. The van der Waals surface area contributed by atoms with E-state index in [4.69, 9.17) is 21.9 Å². The zero-order chi connectivity index (χ0) is 15.3. The van der Waals surface area contributed by atoms with Gasteiger partial charge in [-0.1, -0.05) is 30.8 Å². The molecule has 0 radical (unpaired) electrons. The van der Waals surface area contributed by atoms with Gasteiger partial charge in [-0.2, -0.15) is 0 Å². The molecule has 1 N–H and O–H groups in total. The molecule has 4 unspecified atom stereocenters. The third kappa shape index (κ3) is 2.00. The van der Waals surface area contributed by atoms with Gasteiger partial charge in [0.15, 0.2) is 5.66 Å². The Morgan fingerprint density at radius 2 is 2.00 bits per heavy atom. The Kier molecular flexibility index (Phi) is 3.26. The molecule has 2 bridgehead atoms. The zero-order valence-electron chi connectivity index (χ0n) is 13.1. The largest absolute Gasteiger partial charge is 0.497 e. The summed E-state index contributed by atoms with van der Waals surface area (Å²) < 4.78 is 5.30. The molecule has 1 heterocycles. The number of hydrogen-bond acceptors (Lipinski definition) is 3. The number of nitrogens with one attached hydrogen (secondary N) is 1. The first-order valence-corrected chi connectivity index (χ1v) is 8.56. The van der Waals surface area contributed by atoms with Crippen molar-refractivity contribution in [1.29, 1.82) is 0 Å². The van der Waals surface area contributed by atoms with Crippen molar-refractivity contribution in [2.45, 2.75) is 38.3 Å². The van der Waals surface area contributed by atoms with Gasteiger partial charge in [-0.05, 0) is 50.2 Å². The van der Waals surface area contributed by atoms with Gasteiger partial charge in [-0.15, -0.1) is 0 Å². The fraction of sp³-hybridized carbons (Fsp3) is 0.556. The van der Waals surface area contributed by atoms with Crippen LogP contribution in [0.5, 0.6) is 5.75 Å². The SMILES string of the molecule is COc1ccc(C2(C3CC4CCC3C4)N=C(C)C(=S)N2)cc1. The third-order valence-corrected chi connectivity index (χ3v) is 6.18. The first-order valence-electron chi connectivity index (χ1n) is 8.16. The molecule has 0 amide bonds. The summed E-state index contributed by atoms with van der Waals surface area (Å²) in [4.78, 5) is 5.86. The van der Waals surface area contributed by atoms with E-state index in [0.29, 0.717) is 5.92 Å². The third-order valence-electron chi connectivity index (χ3n) is 5.78. The lowest BCUT2D eigenvalue weighted by Crippen LogP contribution is -2.47. The minimum Gasteiger partial charge on any atom is -0.497 e. The number of nitrogens with zero attached hydrogens (tertiary/aromatic N) is 1. The summed E-state index contributed by atoms with van der Waals surface area (Å²) in [6, 6.07) is 8.33. The fourth-order valence-corrected chi connectivity index (χ4v) is 4.94. The summed E-state index contributed by atoms with van der Waals surface area (Å²) in [5.41, 5.74) is 1.83. The Morgan fingerprint density at radius 1 is 1.23 bits per heavy atom. The topological polar surface area (TPSA) is 33.6 Å². The quantitative estimate of drug-likeness (QED) is 0.864. The maximum atomic E-state index is 5.49. The van der Waals surface area contributed by atoms with Crippen LogP contribution in [0.15, 0.2) is 29.3 Å². The number of rotatable bonds is 3. The molecule has 1 aromatic rings. The molecule has 4 rings (SSSR count). The van der Waals surface area contributed by atoms with Crippen LogP contribution in [-0.4, -0.2) is 17.8 Å². The molecule has 2 saturated carbocycles. The van der Waals surface area contributed by atoms with Crippen molar-refractivity contribution in [2.75, 3.05) is 7.11 Å². The van der Waals surface area contributed by atoms with Gasteiger partial charge in [0, 0.05) is 11.5 Å². The molecule has 0 spiro atoms. The molecular weight excluding hydrogens is 292 g/mol. The lowest BCUT2D eigenvalue weighted by molar-refractivity contribution is 0.179. The van der Waals surface area contributed by atoms with E-state index in [0.717, 1.165) is 28.3 Å². The lowest BCUT2D eigenvalue weighted by Gasteiger charge is -2.38. The molecule has 1 aromatic carbocycles. The van der Waals surface area contributed by atoms with Crippen molar-refractivity contribution >= 4 is 22.9 Å². The van der Waals surface area contributed by atoms with Gasteiger partial charge in [0.25, 0.3) is 0 Å². The average molecular weight is 314 g/mol. The van der Waals surface area contributed by atoms with E-state index in [2.05, 4.69) is 17.4 Å². The van der Waals surface area contributed by atoms with Crippen LogP contribution in [0.1, 0.15) is 38.2 Å². The van der Waals surface area contributed by atoms with Crippen molar-refractivity contribution in [3.8, 4) is 5.75 Å². The number of thiocarbonyl (C=S) groups is 1. The lowest BCUT2D eigenvalue weighted by atomic mass is 9.76. The number of aliphatic imine (C=N–C) groups is 1. The molecule has 0 aromatic heterocycles. The second-order valence-electron chi connectivity index (χ2n) is 6.93. The average Bonchev–Trinajstić information content (AvgIpc) is 3.23. The molecule has 4 atom stereocenters. The molecule has 3 nitrogen and oxygen atoms in total. The van der Waals surface area contributed by atoms with E-state index in [9.17, 15) is 0 Å². The summed E-state index contributed by atoms with van der Waals surface area (Å²) in [6.07, 6.45) is 5.37. The maximum Gasteiger partial charge on any atom is 0.159 e. The molecule has 3 aliphatic rings. The van der Waals surface area contributed by atoms with Gasteiger partial charge >= 0.3 is 0 Å². The van der Waals surface area contributed by atoms with Crippen LogP contribution in [0, 0.1) is 17.8 Å². The number of methoxy groups -OCH3 is 1. The van der Waals surface area contributed by atoms with Crippen molar-refractivity contribution in [2.24, 2.45) is 22.7 Å². The van der Waals surface area contributed by atoms with Crippen LogP contribution in [0.3, 0.4) is 0 Å². The first-order chi connectivity index (χ1) is 10.6. The molecule has 116 valence electrons. The number of ether oxygens (including phenoxy) is 1. The molecule has 0 saturated heterocycles. The van der Waals surface area contributed by atoms with E-state index >= 15 is 0 Å². The Bertz CT molecular complexity index is 639. The van der Waals surface area contributed by atoms with Crippen LogP contribution < -0.4 is 10.1 Å². The highest BCUT2D eigenvalue weighted by atomic mass is 32.1. The molecule has 2 fully saturated rings. The Balaban J connectivity index is 1.77. The fourth-order valence-electron chi connectivity index (χ4n) is 4.73. The highest BCUT2D eigenvalue weighted by Crippen LogP contribution is 2.55. The van der Waals surface area contributed by atoms with Gasteiger partial charge in [0.2, 0.25) is 0 Å². The summed E-state index contributed by atoms with van der Waals surface area (Å²) in [7, 11) is 1.70. The number of benzene rings is 1. The highest BCUT2D eigenvalue weighted by molar-refractivity contribution is 7.82. The smallest absolute Gasteiger partial charge is 0.159 e. The van der Waals surface area contributed by atoms with Gasteiger partial charge in [-0.3, -0.25) is 4.99 Å². The van der Waals surface area contributed by atoms with Crippen molar-refractivity contribution in [3.05, 3.63) is 29.8 Å². The van der Waals surface area contributed by atoms with Crippen LogP contribution in [0.25, 0.3) is 0 Å². The van der Waals surface area contributed by atoms with Crippen molar-refractivity contribution in [1.82, 2.24) is 5.32 Å². The van der Waals surface area contributed by atoms with Gasteiger partial charge < -0.3 is 10.1 Å². The van der Waals surface area contributed by atoms with Crippen molar-refractivity contribution < 1.29 is 4.74 Å². The van der Waals surface area contributed by atoms with Gasteiger partial charge in [0.1, 0.15) is 10.7 Å². The molecule has 1 aliphatic heterocycles. The van der Waals surface area contributed by atoms with E-state index < -0.39 is 0 Å². The summed E-state index contributed by atoms with van der Waals surface area (Å²) >= 11 is 5.49. The predicted octanol–water partition coefficient (Wildman–Crippen LogP) is 3.68. The Morgan fingerprint density at radius 3 is 2.50 bits per heavy atom. The second kappa shape index (κ2) is 5.05. The van der Waals surface area contributed by atoms with Crippen LogP contribution in [0.2, 0.25) is 0 Å². The zero-order valence-corrected chi connectivity index (χ0v) is 14.0. The minimum absolute atomic E-state index is 0.354. The van der Waals surface area contributed by atoms with E-state index in [-0.39, 0.29) is 5.66 Å². The van der Waals surface area contributed by atoms with Crippen LogP contribution >= 0.6 is 12.2 Å². The molecule has 4 heteroatoms. The van der Waals surface area contributed by atoms with E-state index in [1.807, 2.05) is 19.1 Å². The van der Waals surface area contributed by atoms with E-state index in [1.165, 1.54) is 31.2 Å². The predicted molar refractivity (Wildman–Crippen MR) is 92.5 cm³/mol. The second-order valence-corrected chi connectivity index (χ2v) is 7.34. The van der Waals surface area contributed by atoms with Gasteiger partial charge in [-0.25, -0.2) is 0 Å². The van der Waals surface area contributed by atoms with E-state index in [1.54, 1.807) is 7.11 Å². The molecule has 22 heavy (non-hydrogen) atoms. The maximum absolute atomic E-state index is 5.49. The number of fused-ring (bicyclic) bond motifs is 2. The minimum atomic E-state index is -0.354. The molecule has 2 aliphatic carbocycles. The molecular formula is C18H22N2OS. The first kappa shape index (κ1) is 14.2. The number of hydrogen-bond donors (Lipinski definition) is 1. The Hall–Kier alpha value is -1.42.